The Balaban J connectivity index is 5.26. The van der Waals surface area contributed by atoms with Gasteiger partial charge in [-0.1, -0.05) is 20.3 Å². The van der Waals surface area contributed by atoms with E-state index >= 15 is 0 Å². The van der Waals surface area contributed by atoms with Gasteiger partial charge in [-0.05, 0) is 32.6 Å². The fraction of sp³-hybridized carbons (Fsp3) is 0.722. The topological polar surface area (TPSA) is 215 Å². The second kappa shape index (κ2) is 13.4. The number of nitrogens with two attached hydrogens (primary N) is 3. The highest BCUT2D eigenvalue weighted by atomic mass is 16.4. The molecule has 172 valence electrons. The molecule has 10 N–H and O–H groups in total. The molecule has 0 aromatic carbocycles. The van der Waals surface area contributed by atoms with E-state index in [1.165, 1.54) is 13.8 Å². The molecule has 0 aromatic heterocycles. The number of carbonyl (C=O) groups is 4. The lowest BCUT2D eigenvalue weighted by Crippen LogP contribution is -2.56. The second-order valence-corrected chi connectivity index (χ2v) is 7.24. The van der Waals surface area contributed by atoms with Crippen LogP contribution in [-0.4, -0.2) is 65.5 Å². The van der Waals surface area contributed by atoms with Gasteiger partial charge in [-0.15, -0.1) is 0 Å². The smallest absolute Gasteiger partial charge is 0.326 e. The standard InChI is InChI=1S/C18H35N7O5/c1-5-9(2)13(17(29)30)25-16(28)12(7-6-8-22-18(20)21)24-15(27)11(4)23-14(26)10(3)19/h9-13H,5-8,19H2,1-4H3,(H,23,26)(H,24,27)(H,25,28)(H,29,30)(H4,20,21,22). The number of carboxylic acids is 1. The van der Waals surface area contributed by atoms with Gasteiger partial charge >= 0.3 is 5.97 Å². The molecule has 0 rings (SSSR count). The van der Waals surface area contributed by atoms with E-state index in [1.54, 1.807) is 6.92 Å². The molecular formula is C18H35N7O5. The van der Waals surface area contributed by atoms with Gasteiger partial charge in [0, 0.05) is 6.54 Å². The number of amides is 3. The van der Waals surface area contributed by atoms with Crippen molar-refractivity contribution in [3.8, 4) is 0 Å². The quantitative estimate of drug-likeness (QED) is 0.0983. The van der Waals surface area contributed by atoms with E-state index < -0.39 is 47.9 Å². The molecular weight excluding hydrogens is 394 g/mol. The van der Waals surface area contributed by atoms with Gasteiger partial charge in [0.2, 0.25) is 17.7 Å². The van der Waals surface area contributed by atoms with Gasteiger partial charge in [0.15, 0.2) is 5.96 Å². The number of nitrogens with one attached hydrogen (secondary N) is 3. The molecule has 5 unspecified atom stereocenters. The van der Waals surface area contributed by atoms with E-state index in [9.17, 15) is 24.3 Å². The number of hydrogen-bond donors (Lipinski definition) is 7. The molecule has 0 saturated carbocycles. The third-order valence-corrected chi connectivity index (χ3v) is 4.52. The lowest BCUT2D eigenvalue weighted by Gasteiger charge is -2.25. The first kappa shape index (κ1) is 27.1. The molecule has 3 amide bonds. The van der Waals surface area contributed by atoms with Crippen molar-refractivity contribution in [1.82, 2.24) is 16.0 Å². The minimum absolute atomic E-state index is 0.102. The van der Waals surface area contributed by atoms with E-state index in [0.717, 1.165) is 0 Å². The second-order valence-electron chi connectivity index (χ2n) is 7.24. The van der Waals surface area contributed by atoms with Crippen molar-refractivity contribution >= 4 is 29.7 Å². The Morgan fingerprint density at radius 2 is 1.57 bits per heavy atom. The van der Waals surface area contributed by atoms with Crippen LogP contribution in [0.4, 0.5) is 0 Å². The number of rotatable bonds is 13. The molecule has 0 bridgehead atoms. The number of nitrogens with zero attached hydrogens (tertiary/aromatic N) is 1. The summed E-state index contributed by atoms with van der Waals surface area (Å²) in [6.07, 6.45) is 1.06. The third-order valence-electron chi connectivity index (χ3n) is 4.52. The van der Waals surface area contributed by atoms with Crippen molar-refractivity contribution in [2.75, 3.05) is 6.54 Å². The van der Waals surface area contributed by atoms with Gasteiger partial charge in [-0.25, -0.2) is 4.79 Å². The van der Waals surface area contributed by atoms with Gasteiger partial charge in [0.25, 0.3) is 0 Å². The number of carboxylic acid groups (broad SMARTS) is 1. The highest BCUT2D eigenvalue weighted by molar-refractivity contribution is 5.93. The van der Waals surface area contributed by atoms with Gasteiger partial charge < -0.3 is 38.3 Å². The predicted octanol–water partition coefficient (Wildman–Crippen LogP) is -2.01. The molecule has 12 nitrogen and oxygen atoms in total. The number of guanidine groups is 1. The SMILES string of the molecule is CCC(C)C(NC(=O)C(CCCN=C(N)N)NC(=O)C(C)NC(=O)C(C)N)C(=O)O. The Hall–Kier alpha value is -2.89. The summed E-state index contributed by atoms with van der Waals surface area (Å²) in [5.41, 5.74) is 16.0. The zero-order valence-corrected chi connectivity index (χ0v) is 18.0. The van der Waals surface area contributed by atoms with Crippen LogP contribution in [0.3, 0.4) is 0 Å². The van der Waals surface area contributed by atoms with Crippen LogP contribution >= 0.6 is 0 Å². The Morgan fingerprint density at radius 3 is 2.03 bits per heavy atom. The Kier molecular flexibility index (Phi) is 12.1. The maximum Gasteiger partial charge on any atom is 0.326 e. The van der Waals surface area contributed by atoms with Crippen LogP contribution in [0, 0.1) is 5.92 Å². The van der Waals surface area contributed by atoms with E-state index in [-0.39, 0.29) is 24.8 Å². The summed E-state index contributed by atoms with van der Waals surface area (Å²) in [4.78, 5) is 52.2. The Morgan fingerprint density at radius 1 is 0.967 bits per heavy atom. The number of aliphatic carboxylic acids is 1. The first-order valence-corrected chi connectivity index (χ1v) is 9.85. The molecule has 0 radical (unpaired) electrons. The number of hydrogen-bond acceptors (Lipinski definition) is 6. The summed E-state index contributed by atoms with van der Waals surface area (Å²) in [7, 11) is 0. The van der Waals surface area contributed by atoms with E-state index in [4.69, 9.17) is 17.2 Å². The van der Waals surface area contributed by atoms with Gasteiger partial charge in [0.1, 0.15) is 18.1 Å². The molecule has 0 fully saturated rings. The molecule has 0 aromatic rings. The van der Waals surface area contributed by atoms with Crippen molar-refractivity contribution in [1.29, 1.82) is 0 Å². The van der Waals surface area contributed by atoms with Crippen molar-refractivity contribution in [2.45, 2.75) is 71.1 Å². The maximum absolute atomic E-state index is 12.7. The Bertz CT molecular complexity index is 634. The van der Waals surface area contributed by atoms with E-state index in [1.807, 2.05) is 6.92 Å². The lowest BCUT2D eigenvalue weighted by molar-refractivity contribution is -0.143. The summed E-state index contributed by atoms with van der Waals surface area (Å²) < 4.78 is 0. The molecule has 0 aliphatic carbocycles. The summed E-state index contributed by atoms with van der Waals surface area (Å²) in [5, 5.41) is 16.8. The first-order valence-electron chi connectivity index (χ1n) is 9.85. The fourth-order valence-corrected chi connectivity index (χ4v) is 2.42. The van der Waals surface area contributed by atoms with Crippen molar-refractivity contribution in [3.63, 3.8) is 0 Å². The van der Waals surface area contributed by atoms with Crippen LogP contribution in [0.15, 0.2) is 4.99 Å². The van der Waals surface area contributed by atoms with E-state index in [2.05, 4.69) is 20.9 Å². The summed E-state index contributed by atoms with van der Waals surface area (Å²) >= 11 is 0. The van der Waals surface area contributed by atoms with Crippen molar-refractivity contribution in [3.05, 3.63) is 0 Å². The maximum atomic E-state index is 12.7. The van der Waals surface area contributed by atoms with Crippen LogP contribution in [0.1, 0.15) is 47.0 Å². The lowest BCUT2D eigenvalue weighted by atomic mass is 9.98. The predicted molar refractivity (Wildman–Crippen MR) is 112 cm³/mol. The largest absolute Gasteiger partial charge is 0.480 e. The van der Waals surface area contributed by atoms with Gasteiger partial charge in [-0.2, -0.15) is 0 Å². The highest BCUT2D eigenvalue weighted by Crippen LogP contribution is 2.09. The number of carbonyl (C=O) groups excluding carboxylic acids is 3. The van der Waals surface area contributed by atoms with Crippen LogP contribution in [0.25, 0.3) is 0 Å². The zero-order chi connectivity index (χ0) is 23.4. The minimum Gasteiger partial charge on any atom is -0.480 e. The summed E-state index contributed by atoms with van der Waals surface area (Å²) in [5.74, 6) is -3.36. The average Bonchev–Trinajstić information content (AvgIpc) is 2.66. The van der Waals surface area contributed by atoms with Crippen molar-refractivity contribution in [2.24, 2.45) is 28.1 Å². The molecule has 0 saturated heterocycles. The molecule has 0 heterocycles. The molecule has 30 heavy (non-hydrogen) atoms. The van der Waals surface area contributed by atoms with Crippen LogP contribution in [-0.2, 0) is 19.2 Å². The molecule has 0 aliphatic rings. The third kappa shape index (κ3) is 10.0. The molecule has 5 atom stereocenters. The summed E-state index contributed by atoms with van der Waals surface area (Å²) in [6.45, 7) is 6.66. The monoisotopic (exact) mass is 429 g/mol. The Labute approximate surface area is 176 Å². The van der Waals surface area contributed by atoms with Crippen LogP contribution < -0.4 is 33.2 Å². The molecule has 12 heteroatoms. The molecule has 0 spiro atoms. The van der Waals surface area contributed by atoms with Crippen LogP contribution in [0.2, 0.25) is 0 Å². The first-order chi connectivity index (χ1) is 13.9. The van der Waals surface area contributed by atoms with Gasteiger partial charge in [0.05, 0.1) is 6.04 Å². The fourth-order valence-electron chi connectivity index (χ4n) is 2.42. The average molecular weight is 430 g/mol. The normalized spacial score (nSPS) is 15.6. The molecule has 0 aliphatic heterocycles. The van der Waals surface area contributed by atoms with E-state index in [0.29, 0.717) is 12.8 Å². The van der Waals surface area contributed by atoms with Crippen molar-refractivity contribution < 1.29 is 24.3 Å². The zero-order valence-electron chi connectivity index (χ0n) is 18.0. The summed E-state index contributed by atoms with van der Waals surface area (Å²) in [6, 6.07) is -3.88. The minimum atomic E-state index is -1.17. The highest BCUT2D eigenvalue weighted by Gasteiger charge is 2.30. The van der Waals surface area contributed by atoms with Gasteiger partial charge in [-0.3, -0.25) is 19.4 Å². The van der Waals surface area contributed by atoms with Crippen LogP contribution in [0.5, 0.6) is 0 Å². The number of aliphatic imine (C=N–C) groups is 1.